The third kappa shape index (κ3) is 2.97. The van der Waals surface area contributed by atoms with Crippen molar-refractivity contribution in [3.63, 3.8) is 0 Å². The molecule has 0 amide bonds. The fraction of sp³-hybridized carbons (Fsp3) is 0.0833. The van der Waals surface area contributed by atoms with Gasteiger partial charge in [-0.3, -0.25) is 0 Å². The van der Waals surface area contributed by atoms with E-state index in [1.807, 2.05) is 0 Å². The molecule has 0 atom stereocenters. The van der Waals surface area contributed by atoms with Crippen LogP contribution in [0.4, 0.5) is 5.69 Å². The first-order chi connectivity index (χ1) is 8.56. The van der Waals surface area contributed by atoms with Crippen molar-refractivity contribution in [2.75, 3.05) is 5.32 Å². The lowest BCUT2D eigenvalue weighted by atomic mass is 10.3. The monoisotopic (exact) mass is 285 g/mol. The summed E-state index contributed by atoms with van der Waals surface area (Å²) >= 11 is 11.7. The van der Waals surface area contributed by atoms with Gasteiger partial charge in [0.25, 0.3) is 0 Å². The minimum Gasteiger partial charge on any atom is -0.475 e. The van der Waals surface area contributed by atoms with Gasteiger partial charge in [-0.1, -0.05) is 23.2 Å². The highest BCUT2D eigenvalue weighted by Crippen LogP contribution is 2.25. The van der Waals surface area contributed by atoms with Crippen molar-refractivity contribution in [2.24, 2.45) is 0 Å². The van der Waals surface area contributed by atoms with Crippen molar-refractivity contribution in [1.82, 2.24) is 0 Å². The molecule has 4 nitrogen and oxygen atoms in total. The maximum absolute atomic E-state index is 10.6. The van der Waals surface area contributed by atoms with Gasteiger partial charge in [-0.2, -0.15) is 0 Å². The zero-order chi connectivity index (χ0) is 13.1. The lowest BCUT2D eigenvalue weighted by Crippen LogP contribution is -1.98. The van der Waals surface area contributed by atoms with Gasteiger partial charge in [-0.15, -0.1) is 0 Å². The van der Waals surface area contributed by atoms with E-state index < -0.39 is 5.97 Å². The van der Waals surface area contributed by atoms with Crippen molar-refractivity contribution in [1.29, 1.82) is 0 Å². The maximum atomic E-state index is 10.6. The Morgan fingerprint density at radius 2 is 2.00 bits per heavy atom. The van der Waals surface area contributed by atoms with E-state index in [-0.39, 0.29) is 5.76 Å². The first-order valence-corrected chi connectivity index (χ1v) is 5.83. The molecule has 0 radical (unpaired) electrons. The molecule has 0 bridgehead atoms. The standard InChI is InChI=1S/C12H9Cl2NO3/c13-9-3-1-7(5-10(9)14)15-6-8-2-4-11(18-8)12(16)17/h1-5,15H,6H2,(H,16,17). The summed E-state index contributed by atoms with van der Waals surface area (Å²) in [6.45, 7) is 0.366. The number of halogens is 2. The second kappa shape index (κ2) is 5.33. The fourth-order valence-corrected chi connectivity index (χ4v) is 1.68. The van der Waals surface area contributed by atoms with E-state index in [1.54, 1.807) is 24.3 Å². The average molecular weight is 286 g/mol. The van der Waals surface area contributed by atoms with Gasteiger partial charge >= 0.3 is 5.97 Å². The zero-order valence-corrected chi connectivity index (χ0v) is 10.6. The largest absolute Gasteiger partial charge is 0.475 e. The SMILES string of the molecule is O=C(O)c1ccc(CNc2ccc(Cl)c(Cl)c2)o1. The summed E-state index contributed by atoms with van der Waals surface area (Å²) in [4.78, 5) is 10.6. The molecular formula is C12H9Cl2NO3. The lowest BCUT2D eigenvalue weighted by Gasteiger charge is -2.05. The highest BCUT2D eigenvalue weighted by molar-refractivity contribution is 6.42. The number of aromatic carboxylic acids is 1. The third-order valence-electron chi connectivity index (χ3n) is 2.26. The Balaban J connectivity index is 2.02. The smallest absolute Gasteiger partial charge is 0.371 e. The molecule has 2 rings (SSSR count). The normalized spacial score (nSPS) is 10.3. The van der Waals surface area contributed by atoms with E-state index in [0.717, 1.165) is 5.69 Å². The molecule has 1 aromatic carbocycles. The molecule has 2 N–H and O–H groups in total. The summed E-state index contributed by atoms with van der Waals surface area (Å²) in [5.41, 5.74) is 0.776. The molecule has 0 aliphatic carbocycles. The Labute approximate surface area is 113 Å². The molecular weight excluding hydrogens is 277 g/mol. The number of benzene rings is 1. The first-order valence-electron chi connectivity index (χ1n) is 5.07. The quantitative estimate of drug-likeness (QED) is 0.894. The van der Waals surface area contributed by atoms with Crippen molar-refractivity contribution >= 4 is 34.9 Å². The Morgan fingerprint density at radius 1 is 1.22 bits per heavy atom. The van der Waals surface area contributed by atoms with Crippen LogP contribution >= 0.6 is 23.2 Å². The lowest BCUT2D eigenvalue weighted by molar-refractivity contribution is 0.0660. The topological polar surface area (TPSA) is 62.5 Å². The second-order valence-electron chi connectivity index (χ2n) is 3.55. The number of furan rings is 1. The van der Waals surface area contributed by atoms with Crippen LogP contribution in [0.3, 0.4) is 0 Å². The first kappa shape index (κ1) is 12.8. The number of nitrogens with one attached hydrogen (secondary N) is 1. The van der Waals surface area contributed by atoms with E-state index in [1.165, 1.54) is 6.07 Å². The number of carboxylic acids is 1. The van der Waals surface area contributed by atoms with Gasteiger partial charge in [0, 0.05) is 5.69 Å². The van der Waals surface area contributed by atoms with E-state index in [4.69, 9.17) is 32.7 Å². The van der Waals surface area contributed by atoms with E-state index in [0.29, 0.717) is 22.4 Å². The molecule has 18 heavy (non-hydrogen) atoms. The van der Waals surface area contributed by atoms with Crippen molar-refractivity contribution in [2.45, 2.75) is 6.54 Å². The van der Waals surface area contributed by atoms with Gasteiger partial charge in [-0.25, -0.2) is 4.79 Å². The van der Waals surface area contributed by atoms with Crippen LogP contribution in [0.25, 0.3) is 0 Å². The Bertz CT molecular complexity index is 580. The van der Waals surface area contributed by atoms with Crippen LogP contribution in [-0.4, -0.2) is 11.1 Å². The van der Waals surface area contributed by atoms with Crippen molar-refractivity contribution in [3.05, 3.63) is 51.9 Å². The van der Waals surface area contributed by atoms with Crippen LogP contribution in [0.1, 0.15) is 16.3 Å². The highest BCUT2D eigenvalue weighted by atomic mass is 35.5. The molecule has 94 valence electrons. The van der Waals surface area contributed by atoms with Crippen molar-refractivity contribution < 1.29 is 14.3 Å². The summed E-state index contributed by atoms with van der Waals surface area (Å²) in [6, 6.07) is 8.15. The number of carboxylic acid groups (broad SMARTS) is 1. The summed E-state index contributed by atoms with van der Waals surface area (Å²) in [7, 11) is 0. The number of anilines is 1. The summed E-state index contributed by atoms with van der Waals surface area (Å²) in [6.07, 6.45) is 0. The second-order valence-corrected chi connectivity index (χ2v) is 4.37. The van der Waals surface area contributed by atoms with Crippen LogP contribution < -0.4 is 5.32 Å². The minimum absolute atomic E-state index is 0.0825. The summed E-state index contributed by atoms with van der Waals surface area (Å²) < 4.78 is 5.10. The van der Waals surface area contributed by atoms with Crippen molar-refractivity contribution in [3.8, 4) is 0 Å². The summed E-state index contributed by atoms with van der Waals surface area (Å²) in [5, 5.41) is 12.7. The minimum atomic E-state index is -1.09. The average Bonchev–Trinajstić information content (AvgIpc) is 2.79. The molecule has 0 saturated carbocycles. The molecule has 0 aliphatic heterocycles. The molecule has 2 aromatic rings. The number of rotatable bonds is 4. The van der Waals surface area contributed by atoms with Gasteiger partial charge < -0.3 is 14.8 Å². The van der Waals surface area contributed by atoms with E-state index in [9.17, 15) is 4.79 Å². The van der Waals surface area contributed by atoms with Crippen LogP contribution in [-0.2, 0) is 6.54 Å². The maximum Gasteiger partial charge on any atom is 0.371 e. The van der Waals surface area contributed by atoms with Gasteiger partial charge in [0.2, 0.25) is 5.76 Å². The van der Waals surface area contributed by atoms with Crippen LogP contribution in [0, 0.1) is 0 Å². The van der Waals surface area contributed by atoms with Crippen LogP contribution in [0.5, 0.6) is 0 Å². The Kier molecular flexibility index (Phi) is 3.79. The van der Waals surface area contributed by atoms with Gasteiger partial charge in [0.05, 0.1) is 16.6 Å². The molecule has 6 heteroatoms. The Morgan fingerprint density at radius 3 is 2.61 bits per heavy atom. The molecule has 0 spiro atoms. The number of carbonyl (C=O) groups is 1. The van der Waals surface area contributed by atoms with Gasteiger partial charge in [-0.05, 0) is 30.3 Å². The van der Waals surface area contributed by atoms with Gasteiger partial charge in [0.15, 0.2) is 0 Å². The molecule has 0 aliphatic rings. The summed E-state index contributed by atoms with van der Waals surface area (Å²) in [5.74, 6) is -0.643. The fourth-order valence-electron chi connectivity index (χ4n) is 1.38. The van der Waals surface area contributed by atoms with Gasteiger partial charge in [0.1, 0.15) is 5.76 Å². The van der Waals surface area contributed by atoms with Crippen LogP contribution in [0.15, 0.2) is 34.7 Å². The molecule has 0 unspecified atom stereocenters. The zero-order valence-electron chi connectivity index (χ0n) is 9.11. The molecule has 1 aromatic heterocycles. The molecule has 1 heterocycles. The highest BCUT2D eigenvalue weighted by Gasteiger charge is 2.08. The van der Waals surface area contributed by atoms with E-state index >= 15 is 0 Å². The Hall–Kier alpha value is -1.65. The number of hydrogen-bond donors (Lipinski definition) is 2. The molecule has 0 fully saturated rings. The predicted octanol–water partition coefficient (Wildman–Crippen LogP) is 3.90. The number of hydrogen-bond acceptors (Lipinski definition) is 3. The third-order valence-corrected chi connectivity index (χ3v) is 3.00. The van der Waals surface area contributed by atoms with Crippen LogP contribution in [0.2, 0.25) is 10.0 Å². The predicted molar refractivity (Wildman–Crippen MR) is 69.5 cm³/mol. The van der Waals surface area contributed by atoms with E-state index in [2.05, 4.69) is 5.32 Å². The molecule has 0 saturated heterocycles.